The number of para-hydroxylation sites is 2. The molecule has 8 nitrogen and oxygen atoms in total. The first-order valence-corrected chi connectivity index (χ1v) is 11.5. The largest absolute Gasteiger partial charge is 0.355 e. The standard InChI is InChI=1S/C23H34N6O2/c1-3-27-14-16-28(17-15-27)13-10-24-22(30)18-8-11-29(12-9-18)21-23(31)26(2)20-7-5-4-6-19(20)25-21/h4-7,18H,3,8-17H2,1-2H3,(H,24,30). The van der Waals surface area contributed by atoms with Gasteiger partial charge in [-0.3, -0.25) is 14.5 Å². The lowest BCUT2D eigenvalue weighted by atomic mass is 9.96. The summed E-state index contributed by atoms with van der Waals surface area (Å²) in [5.41, 5.74) is 1.57. The van der Waals surface area contributed by atoms with Crippen LogP contribution in [0.4, 0.5) is 5.82 Å². The highest BCUT2D eigenvalue weighted by molar-refractivity contribution is 5.79. The Morgan fingerprint density at radius 3 is 2.45 bits per heavy atom. The van der Waals surface area contributed by atoms with Crippen molar-refractivity contribution in [2.24, 2.45) is 13.0 Å². The van der Waals surface area contributed by atoms with E-state index in [1.165, 1.54) is 0 Å². The van der Waals surface area contributed by atoms with Crippen LogP contribution in [0.1, 0.15) is 19.8 Å². The summed E-state index contributed by atoms with van der Waals surface area (Å²) in [4.78, 5) is 37.0. The Kier molecular flexibility index (Phi) is 6.87. The first-order chi connectivity index (χ1) is 15.1. The van der Waals surface area contributed by atoms with E-state index in [1.54, 1.807) is 11.6 Å². The summed E-state index contributed by atoms with van der Waals surface area (Å²) in [6.07, 6.45) is 1.50. The van der Waals surface area contributed by atoms with Crippen LogP contribution in [0.2, 0.25) is 0 Å². The lowest BCUT2D eigenvalue weighted by Crippen LogP contribution is -2.49. The van der Waals surface area contributed by atoms with E-state index in [9.17, 15) is 9.59 Å². The minimum atomic E-state index is -0.0789. The van der Waals surface area contributed by atoms with E-state index in [2.05, 4.69) is 27.0 Å². The Labute approximate surface area is 183 Å². The van der Waals surface area contributed by atoms with Crippen molar-refractivity contribution in [3.8, 4) is 0 Å². The van der Waals surface area contributed by atoms with E-state index in [-0.39, 0.29) is 17.4 Å². The Bertz CT molecular complexity index is 958. The second-order valence-corrected chi connectivity index (χ2v) is 8.62. The van der Waals surface area contributed by atoms with Gasteiger partial charge in [0.25, 0.3) is 5.56 Å². The number of aryl methyl sites for hydroxylation is 1. The molecule has 2 fully saturated rings. The number of rotatable bonds is 6. The lowest BCUT2D eigenvalue weighted by molar-refractivity contribution is -0.125. The van der Waals surface area contributed by atoms with Crippen LogP contribution in [-0.2, 0) is 11.8 Å². The number of hydrogen-bond donors (Lipinski definition) is 1. The number of benzene rings is 1. The summed E-state index contributed by atoms with van der Waals surface area (Å²) < 4.78 is 1.66. The number of nitrogens with zero attached hydrogens (tertiary/aromatic N) is 5. The monoisotopic (exact) mass is 426 g/mol. The van der Waals surface area contributed by atoms with Crippen molar-refractivity contribution in [2.45, 2.75) is 19.8 Å². The van der Waals surface area contributed by atoms with Gasteiger partial charge in [0.05, 0.1) is 11.0 Å². The Morgan fingerprint density at radius 2 is 1.74 bits per heavy atom. The molecule has 2 aliphatic heterocycles. The predicted molar refractivity (Wildman–Crippen MR) is 123 cm³/mol. The highest BCUT2D eigenvalue weighted by Crippen LogP contribution is 2.21. The zero-order valence-electron chi connectivity index (χ0n) is 18.7. The molecular formula is C23H34N6O2. The molecular weight excluding hydrogens is 392 g/mol. The molecule has 0 bridgehead atoms. The molecule has 0 saturated carbocycles. The molecule has 1 amide bonds. The molecule has 1 aromatic carbocycles. The molecule has 2 saturated heterocycles. The van der Waals surface area contributed by atoms with Gasteiger partial charge in [-0.2, -0.15) is 0 Å². The fraction of sp³-hybridized carbons (Fsp3) is 0.609. The number of aromatic nitrogens is 2. The number of piperazine rings is 1. The van der Waals surface area contributed by atoms with Crippen LogP contribution in [0, 0.1) is 5.92 Å². The molecule has 1 aromatic heterocycles. The van der Waals surface area contributed by atoms with Gasteiger partial charge in [-0.1, -0.05) is 19.1 Å². The van der Waals surface area contributed by atoms with Crippen molar-refractivity contribution in [1.82, 2.24) is 24.7 Å². The van der Waals surface area contributed by atoms with Gasteiger partial charge in [-0.15, -0.1) is 0 Å². The second kappa shape index (κ2) is 9.78. The maximum absolute atomic E-state index is 12.8. The fourth-order valence-corrected chi connectivity index (χ4v) is 4.63. The SMILES string of the molecule is CCN1CCN(CCNC(=O)C2CCN(c3nc4ccccc4n(C)c3=O)CC2)CC1. The minimum Gasteiger partial charge on any atom is -0.355 e. The number of carbonyl (C=O) groups excluding carboxylic acids is 1. The number of hydrogen-bond acceptors (Lipinski definition) is 6. The molecule has 4 rings (SSSR count). The maximum atomic E-state index is 12.8. The average Bonchev–Trinajstić information content (AvgIpc) is 2.82. The molecule has 1 N–H and O–H groups in total. The maximum Gasteiger partial charge on any atom is 0.293 e. The van der Waals surface area contributed by atoms with Crippen LogP contribution < -0.4 is 15.8 Å². The van der Waals surface area contributed by atoms with Gasteiger partial charge in [0.15, 0.2) is 5.82 Å². The van der Waals surface area contributed by atoms with Gasteiger partial charge in [0.2, 0.25) is 5.91 Å². The molecule has 2 aliphatic rings. The van der Waals surface area contributed by atoms with Gasteiger partial charge < -0.3 is 19.7 Å². The van der Waals surface area contributed by atoms with Crippen molar-refractivity contribution < 1.29 is 4.79 Å². The van der Waals surface area contributed by atoms with Gasteiger partial charge in [0, 0.05) is 65.3 Å². The molecule has 168 valence electrons. The number of fused-ring (bicyclic) bond motifs is 1. The van der Waals surface area contributed by atoms with Crippen molar-refractivity contribution in [3.05, 3.63) is 34.6 Å². The molecule has 0 spiro atoms. The van der Waals surface area contributed by atoms with E-state index in [1.807, 2.05) is 29.2 Å². The van der Waals surface area contributed by atoms with Crippen LogP contribution in [0.5, 0.6) is 0 Å². The molecule has 0 radical (unpaired) electrons. The van der Waals surface area contributed by atoms with Crippen LogP contribution >= 0.6 is 0 Å². The predicted octanol–water partition coefficient (Wildman–Crippen LogP) is 0.904. The summed E-state index contributed by atoms with van der Waals surface area (Å²) in [7, 11) is 1.79. The van der Waals surface area contributed by atoms with Gasteiger partial charge in [0.1, 0.15) is 0 Å². The van der Waals surface area contributed by atoms with E-state index in [0.29, 0.717) is 25.5 Å². The number of carbonyl (C=O) groups is 1. The fourth-order valence-electron chi connectivity index (χ4n) is 4.63. The smallest absolute Gasteiger partial charge is 0.293 e. The normalized spacial score (nSPS) is 19.1. The number of piperidine rings is 1. The highest BCUT2D eigenvalue weighted by atomic mass is 16.2. The Hall–Kier alpha value is -2.45. The third-order valence-electron chi connectivity index (χ3n) is 6.77. The van der Waals surface area contributed by atoms with Gasteiger partial charge >= 0.3 is 0 Å². The van der Waals surface area contributed by atoms with Crippen molar-refractivity contribution in [2.75, 3.05) is 63.8 Å². The number of likely N-dealkylation sites (N-methyl/N-ethyl adjacent to an activating group) is 1. The van der Waals surface area contributed by atoms with Crippen molar-refractivity contribution >= 4 is 22.8 Å². The lowest BCUT2D eigenvalue weighted by Gasteiger charge is -2.34. The molecule has 0 aliphatic carbocycles. The molecule has 31 heavy (non-hydrogen) atoms. The summed E-state index contributed by atoms with van der Waals surface area (Å²) in [5.74, 6) is 0.648. The first kappa shape index (κ1) is 21.8. The zero-order valence-corrected chi connectivity index (χ0v) is 18.7. The highest BCUT2D eigenvalue weighted by Gasteiger charge is 2.27. The van der Waals surface area contributed by atoms with E-state index in [4.69, 9.17) is 0 Å². The Morgan fingerprint density at radius 1 is 1.06 bits per heavy atom. The van der Waals surface area contributed by atoms with E-state index in [0.717, 1.165) is 63.1 Å². The van der Waals surface area contributed by atoms with Crippen LogP contribution in [0.25, 0.3) is 11.0 Å². The molecule has 2 aromatic rings. The number of amides is 1. The molecule has 0 atom stereocenters. The van der Waals surface area contributed by atoms with Crippen LogP contribution in [0.15, 0.2) is 29.1 Å². The summed E-state index contributed by atoms with van der Waals surface area (Å²) >= 11 is 0. The summed E-state index contributed by atoms with van der Waals surface area (Å²) in [5, 5.41) is 3.13. The van der Waals surface area contributed by atoms with Gasteiger partial charge in [-0.25, -0.2) is 4.98 Å². The Balaban J connectivity index is 1.27. The van der Waals surface area contributed by atoms with Crippen molar-refractivity contribution in [3.63, 3.8) is 0 Å². The number of anilines is 1. The molecule has 8 heteroatoms. The quantitative estimate of drug-likeness (QED) is 0.740. The van der Waals surface area contributed by atoms with Crippen LogP contribution in [0.3, 0.4) is 0 Å². The molecule has 3 heterocycles. The van der Waals surface area contributed by atoms with E-state index >= 15 is 0 Å². The van der Waals surface area contributed by atoms with Crippen LogP contribution in [-0.4, -0.2) is 84.2 Å². The summed E-state index contributed by atoms with van der Waals surface area (Å²) in [6.45, 7) is 10.7. The van der Waals surface area contributed by atoms with Gasteiger partial charge in [-0.05, 0) is 31.5 Å². The average molecular weight is 427 g/mol. The second-order valence-electron chi connectivity index (χ2n) is 8.62. The third kappa shape index (κ3) is 4.91. The zero-order chi connectivity index (χ0) is 21.8. The first-order valence-electron chi connectivity index (χ1n) is 11.5. The third-order valence-corrected chi connectivity index (χ3v) is 6.77. The molecule has 0 unspecified atom stereocenters. The minimum absolute atomic E-state index is 0.0116. The topological polar surface area (TPSA) is 73.7 Å². The van der Waals surface area contributed by atoms with Crippen molar-refractivity contribution in [1.29, 1.82) is 0 Å². The van der Waals surface area contributed by atoms with E-state index < -0.39 is 0 Å². The summed E-state index contributed by atoms with van der Waals surface area (Å²) in [6, 6.07) is 7.69. The number of nitrogens with one attached hydrogen (secondary N) is 1.